The number of hydrogen-bond acceptors (Lipinski definition) is 6. The summed E-state index contributed by atoms with van der Waals surface area (Å²) >= 11 is 0. The first kappa shape index (κ1) is 28.8. The van der Waals surface area contributed by atoms with Crippen LogP contribution in [-0.2, 0) is 23.1 Å². The molecule has 0 radical (unpaired) electrons. The quantitative estimate of drug-likeness (QED) is 0.223. The molecule has 0 aromatic carbocycles. The number of carbonyl (C=O) groups excluding carboxylic acids is 1. The topological polar surface area (TPSA) is 74.7 Å². The summed E-state index contributed by atoms with van der Waals surface area (Å²) in [6.45, 7) is 13.4. The SMILES string of the molecule is CC(C)[C@@H]1CC[C@@H](C)[C@H](OP(=O)(O[C@@H]2C[C@H](C(C)C)CC[C@@H]2C)[C@H](OC(=O)C2CC2)c2cccnc2)C1. The number of hydrogen-bond donors (Lipinski definition) is 0. The Morgan fingerprint density at radius 1 is 0.892 bits per heavy atom. The normalized spacial score (nSPS) is 33.2. The number of rotatable bonds is 10. The van der Waals surface area contributed by atoms with E-state index in [0.29, 0.717) is 29.2 Å². The molecule has 37 heavy (non-hydrogen) atoms. The Hall–Kier alpha value is -1.23. The van der Waals surface area contributed by atoms with Crippen LogP contribution in [0.2, 0.25) is 0 Å². The Morgan fingerprint density at radius 3 is 1.86 bits per heavy atom. The van der Waals surface area contributed by atoms with Crippen LogP contribution < -0.4 is 0 Å². The molecule has 0 N–H and O–H groups in total. The maximum absolute atomic E-state index is 15.1. The van der Waals surface area contributed by atoms with Gasteiger partial charge in [0.15, 0.2) is 0 Å². The minimum absolute atomic E-state index is 0.120. The molecular formula is C30H48NO5P. The fourth-order valence-electron chi connectivity index (χ4n) is 6.00. The van der Waals surface area contributed by atoms with Crippen LogP contribution in [0.15, 0.2) is 24.5 Å². The van der Waals surface area contributed by atoms with Crippen LogP contribution in [0, 0.1) is 41.4 Å². The van der Waals surface area contributed by atoms with E-state index in [1.54, 1.807) is 18.5 Å². The highest BCUT2D eigenvalue weighted by Gasteiger charge is 2.49. The lowest BCUT2D eigenvalue weighted by Gasteiger charge is -2.42. The lowest BCUT2D eigenvalue weighted by molar-refractivity contribution is -0.149. The van der Waals surface area contributed by atoms with Crippen molar-refractivity contribution in [1.82, 2.24) is 4.98 Å². The summed E-state index contributed by atoms with van der Waals surface area (Å²) in [6.07, 6.45) is 10.6. The summed E-state index contributed by atoms with van der Waals surface area (Å²) in [5.41, 5.74) is 0.576. The summed E-state index contributed by atoms with van der Waals surface area (Å²) in [7, 11) is -3.93. The van der Waals surface area contributed by atoms with E-state index in [9.17, 15) is 4.79 Å². The first-order valence-corrected chi connectivity index (χ1v) is 16.3. The molecule has 1 aromatic rings. The number of pyridine rings is 1. The van der Waals surface area contributed by atoms with Crippen LogP contribution in [0.1, 0.15) is 104 Å². The molecule has 0 bridgehead atoms. The van der Waals surface area contributed by atoms with Gasteiger partial charge in [0, 0.05) is 18.0 Å². The van der Waals surface area contributed by atoms with Gasteiger partial charge in [0.2, 0.25) is 5.85 Å². The smallest absolute Gasteiger partial charge is 0.376 e. The van der Waals surface area contributed by atoms with E-state index in [2.05, 4.69) is 46.5 Å². The van der Waals surface area contributed by atoms with Gasteiger partial charge in [0.05, 0.1) is 18.1 Å². The van der Waals surface area contributed by atoms with Gasteiger partial charge in [-0.3, -0.25) is 14.3 Å². The maximum atomic E-state index is 15.1. The molecule has 8 atom stereocenters. The van der Waals surface area contributed by atoms with E-state index in [1.807, 2.05) is 6.07 Å². The molecule has 0 saturated heterocycles. The minimum atomic E-state index is -3.93. The van der Waals surface area contributed by atoms with E-state index < -0.39 is 13.4 Å². The van der Waals surface area contributed by atoms with Crippen molar-refractivity contribution in [2.45, 2.75) is 111 Å². The molecule has 6 nitrogen and oxygen atoms in total. The molecule has 7 heteroatoms. The molecule has 3 aliphatic rings. The third-order valence-corrected chi connectivity index (χ3v) is 11.3. The predicted octanol–water partition coefficient (Wildman–Crippen LogP) is 8.18. The Bertz CT molecular complexity index is 895. The van der Waals surface area contributed by atoms with Gasteiger partial charge in [-0.15, -0.1) is 0 Å². The molecule has 0 spiro atoms. The average molecular weight is 534 g/mol. The highest BCUT2D eigenvalue weighted by Crippen LogP contribution is 2.65. The summed E-state index contributed by atoms with van der Waals surface area (Å²) in [4.78, 5) is 17.2. The predicted molar refractivity (Wildman–Crippen MR) is 146 cm³/mol. The standard InChI is InChI=1S/C30H48NO5P/c1-19(2)24-11-9-21(5)27(16-24)35-37(33,36-28-17-25(20(3)4)12-10-22(28)6)30(26-8-7-15-31-18-26)34-29(32)23-13-14-23/h7-8,15,18-25,27-28,30H,9-14,16-17H2,1-6H3/t21-,22+,24-,25-,27-,28-,30+,37?/m1/s1. The van der Waals surface area contributed by atoms with Gasteiger partial charge >= 0.3 is 13.6 Å². The van der Waals surface area contributed by atoms with E-state index in [4.69, 9.17) is 13.8 Å². The molecule has 1 heterocycles. The van der Waals surface area contributed by atoms with Crippen molar-refractivity contribution in [3.63, 3.8) is 0 Å². The second-order valence-corrected chi connectivity index (χ2v) is 14.7. The molecule has 4 rings (SSSR count). The lowest BCUT2D eigenvalue weighted by Crippen LogP contribution is -2.35. The van der Waals surface area contributed by atoms with Crippen molar-refractivity contribution in [2.24, 2.45) is 41.4 Å². The van der Waals surface area contributed by atoms with Crippen molar-refractivity contribution in [2.75, 3.05) is 0 Å². The van der Waals surface area contributed by atoms with Gasteiger partial charge in [-0.1, -0.05) is 47.6 Å². The fraction of sp³-hybridized carbons (Fsp3) is 0.800. The average Bonchev–Trinajstić information content (AvgIpc) is 3.71. The summed E-state index contributed by atoms with van der Waals surface area (Å²) < 4.78 is 34.5. The van der Waals surface area contributed by atoms with Gasteiger partial charge < -0.3 is 13.8 Å². The first-order valence-electron chi connectivity index (χ1n) is 14.6. The zero-order chi connectivity index (χ0) is 26.7. The second kappa shape index (κ2) is 12.3. The zero-order valence-corrected chi connectivity index (χ0v) is 24.6. The Labute approximate surface area is 224 Å². The Morgan fingerprint density at radius 2 is 1.43 bits per heavy atom. The van der Waals surface area contributed by atoms with E-state index in [0.717, 1.165) is 51.4 Å². The van der Waals surface area contributed by atoms with Gasteiger partial charge in [0.1, 0.15) is 0 Å². The van der Waals surface area contributed by atoms with Crippen LogP contribution in [0.5, 0.6) is 0 Å². The van der Waals surface area contributed by atoms with Crippen molar-refractivity contribution >= 4 is 13.6 Å². The fourth-order valence-corrected chi connectivity index (χ4v) is 8.37. The molecule has 3 fully saturated rings. The zero-order valence-electron chi connectivity index (χ0n) is 23.7. The van der Waals surface area contributed by atoms with Crippen LogP contribution in [-0.4, -0.2) is 23.2 Å². The second-order valence-electron chi connectivity index (χ2n) is 12.8. The molecule has 0 aliphatic heterocycles. The molecule has 1 unspecified atom stereocenters. The molecule has 208 valence electrons. The highest BCUT2D eigenvalue weighted by molar-refractivity contribution is 7.54. The first-order chi connectivity index (χ1) is 17.6. The van der Waals surface area contributed by atoms with Crippen LogP contribution in [0.3, 0.4) is 0 Å². The largest absolute Gasteiger partial charge is 0.444 e. The number of esters is 1. The maximum Gasteiger partial charge on any atom is 0.376 e. The van der Waals surface area contributed by atoms with Crippen molar-refractivity contribution in [3.05, 3.63) is 30.1 Å². The van der Waals surface area contributed by atoms with Crippen molar-refractivity contribution in [3.8, 4) is 0 Å². The molecule has 3 saturated carbocycles. The third-order valence-electron chi connectivity index (χ3n) is 9.17. The molecule has 3 aliphatic carbocycles. The Balaban J connectivity index is 1.68. The highest BCUT2D eigenvalue weighted by atomic mass is 31.2. The Kier molecular flexibility index (Phi) is 9.57. The molecule has 1 aromatic heterocycles. The summed E-state index contributed by atoms with van der Waals surface area (Å²) in [5, 5.41) is 0. The van der Waals surface area contributed by atoms with E-state index in [-0.39, 0.29) is 35.9 Å². The van der Waals surface area contributed by atoms with E-state index >= 15 is 4.57 Å². The van der Waals surface area contributed by atoms with Crippen LogP contribution in [0.25, 0.3) is 0 Å². The molecule has 0 amide bonds. The number of aromatic nitrogens is 1. The van der Waals surface area contributed by atoms with Crippen LogP contribution in [0.4, 0.5) is 0 Å². The monoisotopic (exact) mass is 533 g/mol. The third kappa shape index (κ3) is 7.25. The summed E-state index contributed by atoms with van der Waals surface area (Å²) in [6, 6.07) is 3.60. The van der Waals surface area contributed by atoms with Crippen molar-refractivity contribution < 1.29 is 23.1 Å². The number of nitrogens with zero attached hydrogens (tertiary/aromatic N) is 1. The molecular weight excluding hydrogens is 485 g/mol. The lowest BCUT2D eigenvalue weighted by atomic mass is 9.76. The number of ether oxygens (including phenoxy) is 1. The van der Waals surface area contributed by atoms with Gasteiger partial charge in [0.25, 0.3) is 0 Å². The van der Waals surface area contributed by atoms with Gasteiger partial charge in [-0.05, 0) is 92.9 Å². The number of carbonyl (C=O) groups is 1. The summed E-state index contributed by atoms with van der Waals surface area (Å²) in [5.74, 6) is 1.07. The minimum Gasteiger partial charge on any atom is -0.444 e. The van der Waals surface area contributed by atoms with Crippen molar-refractivity contribution in [1.29, 1.82) is 0 Å². The van der Waals surface area contributed by atoms with E-state index in [1.165, 1.54) is 0 Å². The van der Waals surface area contributed by atoms with Gasteiger partial charge in [-0.2, -0.15) is 0 Å². The van der Waals surface area contributed by atoms with Crippen LogP contribution >= 0.6 is 7.60 Å². The van der Waals surface area contributed by atoms with Gasteiger partial charge in [-0.25, -0.2) is 0 Å².